The first kappa shape index (κ1) is 15.5. The van der Waals surface area contributed by atoms with Gasteiger partial charge in [0, 0.05) is 11.8 Å². The molecule has 0 aliphatic heterocycles. The maximum absolute atomic E-state index is 11.6. The Hall–Kier alpha value is -1.93. The average molecular weight is 310 g/mol. The molecule has 0 saturated carbocycles. The number of pyridine rings is 1. The third-order valence-electron chi connectivity index (χ3n) is 3.20. The number of anilines is 1. The van der Waals surface area contributed by atoms with Gasteiger partial charge in [-0.05, 0) is 40.0 Å². The van der Waals surface area contributed by atoms with Crippen molar-refractivity contribution in [3.8, 4) is 0 Å². The lowest BCUT2D eigenvalue weighted by Gasteiger charge is -2.14. The molecule has 0 aromatic carbocycles. The van der Waals surface area contributed by atoms with E-state index >= 15 is 0 Å². The van der Waals surface area contributed by atoms with E-state index in [9.17, 15) is 8.42 Å². The molecule has 2 aromatic heterocycles. The average Bonchev–Trinajstić information content (AvgIpc) is 2.78. The van der Waals surface area contributed by atoms with Crippen LogP contribution in [0.2, 0.25) is 0 Å². The summed E-state index contributed by atoms with van der Waals surface area (Å²) in [7, 11) is -2.10. The Kier molecular flexibility index (Phi) is 4.29. The Balaban J connectivity index is 2.18. The van der Waals surface area contributed by atoms with E-state index in [1.54, 1.807) is 6.07 Å². The molecule has 114 valence electrons. The van der Waals surface area contributed by atoms with E-state index in [1.165, 1.54) is 19.3 Å². The van der Waals surface area contributed by atoms with Crippen LogP contribution in [0.1, 0.15) is 30.0 Å². The molecule has 8 heteroatoms. The molecular weight excluding hydrogens is 292 g/mol. The number of sulfonamides is 1. The number of hydrogen-bond acceptors (Lipinski definition) is 6. The van der Waals surface area contributed by atoms with Crippen molar-refractivity contribution >= 4 is 15.8 Å². The van der Waals surface area contributed by atoms with Crippen LogP contribution < -0.4 is 10.0 Å². The molecule has 7 nitrogen and oxygen atoms in total. The third kappa shape index (κ3) is 3.22. The van der Waals surface area contributed by atoms with Gasteiger partial charge in [0.2, 0.25) is 10.0 Å². The van der Waals surface area contributed by atoms with Crippen LogP contribution in [0, 0.1) is 13.8 Å². The monoisotopic (exact) mass is 310 g/mol. The van der Waals surface area contributed by atoms with Crippen molar-refractivity contribution in [3.05, 3.63) is 35.3 Å². The van der Waals surface area contributed by atoms with Crippen LogP contribution >= 0.6 is 0 Å². The van der Waals surface area contributed by atoms with E-state index in [4.69, 9.17) is 4.52 Å². The van der Waals surface area contributed by atoms with E-state index < -0.39 is 10.0 Å². The number of hydrogen-bond donors (Lipinski definition) is 2. The largest absolute Gasteiger partial charge is 0.363 e. The molecule has 0 fully saturated rings. The maximum atomic E-state index is 11.6. The SMILES string of the molecule is CNS(=O)(=O)c1ccc(NC(C)c2c(C)noc2C)nc1. The Morgan fingerprint density at radius 2 is 2.00 bits per heavy atom. The van der Waals surface area contributed by atoms with Gasteiger partial charge in [-0.3, -0.25) is 0 Å². The zero-order valence-corrected chi connectivity index (χ0v) is 13.2. The quantitative estimate of drug-likeness (QED) is 0.873. The van der Waals surface area contributed by atoms with Crippen LogP contribution in [0.4, 0.5) is 5.82 Å². The van der Waals surface area contributed by atoms with Crippen LogP contribution in [0.25, 0.3) is 0 Å². The van der Waals surface area contributed by atoms with Gasteiger partial charge < -0.3 is 9.84 Å². The van der Waals surface area contributed by atoms with Crippen LogP contribution in [-0.4, -0.2) is 25.6 Å². The second kappa shape index (κ2) is 5.82. The first-order valence-corrected chi connectivity index (χ1v) is 7.92. The summed E-state index contributed by atoms with van der Waals surface area (Å²) < 4.78 is 30.6. The highest BCUT2D eigenvalue weighted by Gasteiger charge is 2.17. The lowest BCUT2D eigenvalue weighted by molar-refractivity contribution is 0.392. The molecule has 1 unspecified atom stereocenters. The zero-order valence-electron chi connectivity index (χ0n) is 12.3. The van der Waals surface area contributed by atoms with E-state index in [2.05, 4.69) is 20.2 Å². The number of nitrogens with one attached hydrogen (secondary N) is 2. The number of aryl methyl sites for hydroxylation is 2. The fraction of sp³-hybridized carbons (Fsp3) is 0.385. The molecule has 2 N–H and O–H groups in total. The summed E-state index contributed by atoms with van der Waals surface area (Å²) in [5.74, 6) is 1.33. The predicted molar refractivity (Wildman–Crippen MR) is 78.5 cm³/mol. The molecule has 0 radical (unpaired) electrons. The lowest BCUT2D eigenvalue weighted by Crippen LogP contribution is -2.19. The fourth-order valence-corrected chi connectivity index (χ4v) is 2.82. The summed E-state index contributed by atoms with van der Waals surface area (Å²) in [6.07, 6.45) is 1.31. The van der Waals surface area contributed by atoms with Crippen molar-refractivity contribution in [3.63, 3.8) is 0 Å². The number of aromatic nitrogens is 2. The first-order valence-electron chi connectivity index (χ1n) is 6.44. The topological polar surface area (TPSA) is 97.1 Å². The standard InChI is InChI=1S/C13H18N4O3S/c1-8(13-9(2)17-20-10(13)3)16-12-6-5-11(7-15-12)21(18,19)14-4/h5-8,14H,1-4H3,(H,15,16). The number of nitrogens with zero attached hydrogens (tertiary/aromatic N) is 2. The van der Waals surface area contributed by atoms with E-state index in [0.717, 1.165) is 17.0 Å². The Labute approximate surface area is 123 Å². The number of rotatable bonds is 5. The van der Waals surface area contributed by atoms with Gasteiger partial charge in [-0.15, -0.1) is 0 Å². The minimum atomic E-state index is -3.47. The lowest BCUT2D eigenvalue weighted by atomic mass is 10.1. The molecule has 0 saturated heterocycles. The summed E-state index contributed by atoms with van der Waals surface area (Å²) in [5.41, 5.74) is 1.80. The van der Waals surface area contributed by atoms with Crippen LogP contribution in [-0.2, 0) is 10.0 Å². The smallest absolute Gasteiger partial charge is 0.241 e. The minimum absolute atomic E-state index is 0.0458. The van der Waals surface area contributed by atoms with Crippen molar-refractivity contribution in [2.45, 2.75) is 31.7 Å². The molecule has 0 aliphatic rings. The van der Waals surface area contributed by atoms with Gasteiger partial charge in [0.25, 0.3) is 0 Å². The fourth-order valence-electron chi connectivity index (χ4n) is 2.14. The van der Waals surface area contributed by atoms with Crippen LogP contribution in [0.15, 0.2) is 27.7 Å². The Bertz CT molecular complexity index is 703. The maximum Gasteiger partial charge on any atom is 0.241 e. The van der Waals surface area contributed by atoms with Crippen molar-refractivity contribution in [1.29, 1.82) is 0 Å². The highest BCUT2D eigenvalue weighted by atomic mass is 32.2. The second-order valence-corrected chi connectivity index (χ2v) is 6.58. The van der Waals surface area contributed by atoms with Crippen LogP contribution in [0.3, 0.4) is 0 Å². The summed E-state index contributed by atoms with van der Waals surface area (Å²) in [5, 5.41) is 7.11. The highest BCUT2D eigenvalue weighted by molar-refractivity contribution is 7.89. The molecule has 2 heterocycles. The summed E-state index contributed by atoms with van der Waals surface area (Å²) in [6.45, 7) is 5.69. The zero-order chi connectivity index (χ0) is 15.6. The molecule has 21 heavy (non-hydrogen) atoms. The summed E-state index contributed by atoms with van der Waals surface area (Å²) in [4.78, 5) is 4.25. The van der Waals surface area contributed by atoms with E-state index in [0.29, 0.717) is 5.82 Å². The van der Waals surface area contributed by atoms with E-state index in [-0.39, 0.29) is 10.9 Å². The van der Waals surface area contributed by atoms with Gasteiger partial charge in [-0.2, -0.15) is 0 Å². The van der Waals surface area contributed by atoms with Gasteiger partial charge in [0.1, 0.15) is 16.5 Å². The second-order valence-electron chi connectivity index (χ2n) is 4.69. The van der Waals surface area contributed by atoms with E-state index in [1.807, 2.05) is 20.8 Å². The first-order chi connectivity index (χ1) is 9.85. The van der Waals surface area contributed by atoms with Crippen LogP contribution in [0.5, 0.6) is 0 Å². The van der Waals surface area contributed by atoms with Gasteiger partial charge in [-0.25, -0.2) is 18.1 Å². The molecule has 1 atom stereocenters. The summed E-state index contributed by atoms with van der Waals surface area (Å²) >= 11 is 0. The molecule has 0 amide bonds. The molecular formula is C13H18N4O3S. The highest BCUT2D eigenvalue weighted by Crippen LogP contribution is 2.24. The van der Waals surface area contributed by atoms with Crippen molar-refractivity contribution in [2.75, 3.05) is 12.4 Å². The van der Waals surface area contributed by atoms with Gasteiger partial charge in [0.15, 0.2) is 0 Å². The molecule has 0 bridgehead atoms. The molecule has 2 aromatic rings. The van der Waals surface area contributed by atoms with Gasteiger partial charge in [-0.1, -0.05) is 5.16 Å². The predicted octanol–water partition coefficient (Wildman–Crippen LogP) is 1.77. The molecule has 2 rings (SSSR count). The van der Waals surface area contributed by atoms with Crippen molar-refractivity contribution < 1.29 is 12.9 Å². The normalized spacial score (nSPS) is 13.1. The Morgan fingerprint density at radius 3 is 2.48 bits per heavy atom. The molecule has 0 spiro atoms. The third-order valence-corrected chi connectivity index (χ3v) is 4.60. The Morgan fingerprint density at radius 1 is 1.29 bits per heavy atom. The minimum Gasteiger partial charge on any atom is -0.363 e. The summed E-state index contributed by atoms with van der Waals surface area (Å²) in [6, 6.07) is 3.08. The van der Waals surface area contributed by atoms with Gasteiger partial charge >= 0.3 is 0 Å². The van der Waals surface area contributed by atoms with Gasteiger partial charge in [0.05, 0.1) is 11.7 Å². The van der Waals surface area contributed by atoms with Crippen molar-refractivity contribution in [1.82, 2.24) is 14.9 Å². The molecule has 0 aliphatic carbocycles. The van der Waals surface area contributed by atoms with Crippen molar-refractivity contribution in [2.24, 2.45) is 0 Å².